The minimum atomic E-state index is -0.691. The lowest BCUT2D eigenvalue weighted by Crippen LogP contribution is -1.93. The number of hydrogen-bond acceptors (Lipinski definition) is 1. The number of aliphatic carboxylic acids is 1. The first-order valence-corrected chi connectivity index (χ1v) is 9.97. The molecule has 144 valence electrons. The summed E-state index contributed by atoms with van der Waals surface area (Å²) >= 11 is 0. The predicted molar refractivity (Wildman–Crippen MR) is 114 cm³/mol. The van der Waals surface area contributed by atoms with Crippen LogP contribution >= 0.6 is 0 Å². The van der Waals surface area contributed by atoms with Gasteiger partial charge in [0.25, 0.3) is 0 Å². The van der Waals surface area contributed by atoms with Gasteiger partial charge < -0.3 is 5.11 Å². The highest BCUT2D eigenvalue weighted by molar-refractivity contribution is 5.66. The molecule has 0 fully saturated rings. The van der Waals surface area contributed by atoms with E-state index in [1.54, 1.807) is 0 Å². The fourth-order valence-corrected chi connectivity index (χ4v) is 2.27. The second-order valence-corrected chi connectivity index (χ2v) is 6.24. The van der Waals surface area contributed by atoms with Crippen molar-refractivity contribution in [2.75, 3.05) is 0 Å². The van der Waals surface area contributed by atoms with E-state index in [4.69, 9.17) is 5.11 Å². The minimum absolute atomic E-state index is 0.297. The summed E-state index contributed by atoms with van der Waals surface area (Å²) in [7, 11) is 0. The van der Waals surface area contributed by atoms with Gasteiger partial charge in [-0.2, -0.15) is 0 Å². The van der Waals surface area contributed by atoms with E-state index in [2.05, 4.69) is 37.3 Å². The van der Waals surface area contributed by atoms with Gasteiger partial charge in [-0.15, -0.1) is 0 Å². The Hall–Kier alpha value is -2.09. The van der Waals surface area contributed by atoms with Crippen molar-refractivity contribution < 1.29 is 9.90 Å². The molecule has 0 aliphatic rings. The molecule has 0 saturated carbocycles. The van der Waals surface area contributed by atoms with E-state index in [0.29, 0.717) is 6.42 Å². The Kier molecular flexibility index (Phi) is 19.3. The molecule has 0 heterocycles. The van der Waals surface area contributed by atoms with Crippen LogP contribution in [0.3, 0.4) is 0 Å². The molecule has 0 saturated heterocycles. The second kappa shape index (κ2) is 21.0. The van der Waals surface area contributed by atoms with Gasteiger partial charge in [0.05, 0.1) is 0 Å². The van der Waals surface area contributed by atoms with Crippen LogP contribution in [0.15, 0.2) is 72.9 Å². The number of allylic oxidation sites excluding steroid dienone is 12. The van der Waals surface area contributed by atoms with Crippen LogP contribution in [0.4, 0.5) is 0 Å². The van der Waals surface area contributed by atoms with E-state index in [1.807, 2.05) is 42.5 Å². The highest BCUT2D eigenvalue weighted by atomic mass is 16.4. The summed E-state index contributed by atoms with van der Waals surface area (Å²) in [5.74, 6) is -0.691. The van der Waals surface area contributed by atoms with Crippen LogP contribution < -0.4 is 0 Å². The molecule has 0 aromatic rings. The van der Waals surface area contributed by atoms with E-state index in [1.165, 1.54) is 25.7 Å². The van der Waals surface area contributed by atoms with Crippen molar-refractivity contribution in [3.8, 4) is 0 Å². The Balaban J connectivity index is 3.58. The number of carbonyl (C=O) groups is 1. The smallest absolute Gasteiger partial charge is 0.303 e. The fourth-order valence-electron chi connectivity index (χ4n) is 2.27. The SMILES string of the molecule is CCCCC/C=C/C=C/C=C/C=C/C=C/C=C/CCCCCCC(=O)O. The van der Waals surface area contributed by atoms with Gasteiger partial charge in [0.1, 0.15) is 0 Å². The molecule has 0 aliphatic heterocycles. The van der Waals surface area contributed by atoms with E-state index in [0.717, 1.165) is 32.1 Å². The lowest BCUT2D eigenvalue weighted by atomic mass is 10.1. The highest BCUT2D eigenvalue weighted by Crippen LogP contribution is 2.05. The summed E-state index contributed by atoms with van der Waals surface area (Å²) < 4.78 is 0. The van der Waals surface area contributed by atoms with Crippen molar-refractivity contribution in [3.05, 3.63) is 72.9 Å². The monoisotopic (exact) mass is 356 g/mol. The van der Waals surface area contributed by atoms with Gasteiger partial charge in [-0.25, -0.2) is 0 Å². The maximum atomic E-state index is 10.4. The second-order valence-electron chi connectivity index (χ2n) is 6.24. The number of unbranched alkanes of at least 4 members (excludes halogenated alkanes) is 7. The summed E-state index contributed by atoms with van der Waals surface area (Å²) in [6.07, 6.45) is 35.2. The van der Waals surface area contributed by atoms with Crippen molar-refractivity contribution in [1.29, 1.82) is 0 Å². The lowest BCUT2D eigenvalue weighted by Gasteiger charge is -1.96. The van der Waals surface area contributed by atoms with Crippen LogP contribution in [0.2, 0.25) is 0 Å². The van der Waals surface area contributed by atoms with Crippen LogP contribution in [0.5, 0.6) is 0 Å². The average molecular weight is 357 g/mol. The Morgan fingerprint density at radius 3 is 1.50 bits per heavy atom. The summed E-state index contributed by atoms with van der Waals surface area (Å²) in [5, 5.41) is 8.54. The zero-order chi connectivity index (χ0) is 19.1. The molecule has 2 heteroatoms. The van der Waals surface area contributed by atoms with Crippen LogP contribution in [-0.2, 0) is 4.79 Å². The third kappa shape index (κ3) is 21.9. The number of rotatable bonds is 16. The van der Waals surface area contributed by atoms with Gasteiger partial charge in [-0.3, -0.25) is 4.79 Å². The van der Waals surface area contributed by atoms with Gasteiger partial charge in [0, 0.05) is 6.42 Å². The molecule has 0 atom stereocenters. The topological polar surface area (TPSA) is 37.3 Å². The maximum Gasteiger partial charge on any atom is 0.303 e. The van der Waals surface area contributed by atoms with Gasteiger partial charge in [0.15, 0.2) is 0 Å². The summed E-state index contributed by atoms with van der Waals surface area (Å²) in [4.78, 5) is 10.4. The maximum absolute atomic E-state index is 10.4. The molecule has 26 heavy (non-hydrogen) atoms. The molecule has 0 amide bonds. The van der Waals surface area contributed by atoms with Crippen molar-refractivity contribution in [3.63, 3.8) is 0 Å². The zero-order valence-corrected chi connectivity index (χ0v) is 16.4. The first-order valence-electron chi connectivity index (χ1n) is 9.97. The third-order valence-electron chi connectivity index (χ3n) is 3.76. The summed E-state index contributed by atoms with van der Waals surface area (Å²) in [5.41, 5.74) is 0. The number of carboxylic acids is 1. The minimum Gasteiger partial charge on any atom is -0.481 e. The van der Waals surface area contributed by atoms with Gasteiger partial charge in [-0.1, -0.05) is 106 Å². The van der Waals surface area contributed by atoms with Gasteiger partial charge in [0.2, 0.25) is 0 Å². The van der Waals surface area contributed by atoms with E-state index in [-0.39, 0.29) is 0 Å². The van der Waals surface area contributed by atoms with Crippen LogP contribution in [0.1, 0.15) is 71.1 Å². The van der Waals surface area contributed by atoms with Gasteiger partial charge >= 0.3 is 5.97 Å². The Morgan fingerprint density at radius 1 is 0.615 bits per heavy atom. The van der Waals surface area contributed by atoms with Crippen LogP contribution in [0.25, 0.3) is 0 Å². The van der Waals surface area contributed by atoms with E-state index in [9.17, 15) is 4.79 Å². The molecule has 2 nitrogen and oxygen atoms in total. The number of hydrogen-bond donors (Lipinski definition) is 1. The number of carboxylic acid groups (broad SMARTS) is 1. The third-order valence-corrected chi connectivity index (χ3v) is 3.76. The quantitative estimate of drug-likeness (QED) is 0.232. The fraction of sp³-hybridized carbons (Fsp3) is 0.458. The molecule has 0 aromatic heterocycles. The normalized spacial score (nSPS) is 13.0. The Morgan fingerprint density at radius 2 is 1.04 bits per heavy atom. The largest absolute Gasteiger partial charge is 0.481 e. The molecule has 0 aliphatic carbocycles. The zero-order valence-electron chi connectivity index (χ0n) is 16.4. The van der Waals surface area contributed by atoms with Crippen molar-refractivity contribution in [2.24, 2.45) is 0 Å². The molecule has 0 rings (SSSR count). The molecule has 0 aromatic carbocycles. The van der Waals surface area contributed by atoms with Crippen molar-refractivity contribution in [2.45, 2.75) is 71.1 Å². The first kappa shape index (κ1) is 23.9. The lowest BCUT2D eigenvalue weighted by molar-refractivity contribution is -0.137. The van der Waals surface area contributed by atoms with Crippen LogP contribution in [-0.4, -0.2) is 11.1 Å². The Labute approximate surface area is 160 Å². The predicted octanol–water partition coefficient (Wildman–Crippen LogP) is 7.33. The summed E-state index contributed by atoms with van der Waals surface area (Å²) in [6, 6.07) is 0. The molecule has 0 unspecified atom stereocenters. The molecular formula is C24H36O2. The molecule has 1 N–H and O–H groups in total. The first-order chi connectivity index (χ1) is 12.8. The molecule has 0 bridgehead atoms. The standard InChI is InChI=1S/C24H36O2/c1-2-3-4-5-6-7-8-9-10-11-12-13-14-15-16-17-18-19-20-21-22-23-24(25)26/h6-17H,2-5,18-23H2,1H3,(H,25,26)/b7-6+,9-8+,11-10+,13-12+,15-14+,17-16+. The average Bonchev–Trinajstić information content (AvgIpc) is 2.62. The molecular weight excluding hydrogens is 320 g/mol. The summed E-state index contributed by atoms with van der Waals surface area (Å²) in [6.45, 7) is 2.23. The molecule has 0 spiro atoms. The van der Waals surface area contributed by atoms with Crippen LogP contribution in [0, 0.1) is 0 Å². The van der Waals surface area contributed by atoms with Gasteiger partial charge in [-0.05, 0) is 32.1 Å². The molecule has 0 radical (unpaired) electrons. The van der Waals surface area contributed by atoms with Crippen molar-refractivity contribution >= 4 is 5.97 Å². The highest BCUT2D eigenvalue weighted by Gasteiger charge is 1.95. The van der Waals surface area contributed by atoms with E-state index >= 15 is 0 Å². The van der Waals surface area contributed by atoms with Crippen molar-refractivity contribution in [1.82, 2.24) is 0 Å². The van der Waals surface area contributed by atoms with E-state index < -0.39 is 5.97 Å². The Bertz CT molecular complexity index is 490.